The van der Waals surface area contributed by atoms with Crippen molar-refractivity contribution in [2.75, 3.05) is 19.6 Å². The SMILES string of the molecule is N=C(C(N)=O)N1CCN(C2CCC(CN)CC2)C(=O)C1=N. The summed E-state index contributed by atoms with van der Waals surface area (Å²) >= 11 is 0. The molecule has 8 nitrogen and oxygen atoms in total. The molecule has 0 aromatic rings. The van der Waals surface area contributed by atoms with Gasteiger partial charge in [0.15, 0.2) is 11.7 Å². The van der Waals surface area contributed by atoms with Crippen molar-refractivity contribution in [2.45, 2.75) is 31.7 Å². The lowest BCUT2D eigenvalue weighted by molar-refractivity contribution is -0.129. The molecule has 2 rings (SSSR count). The second-order valence-corrected chi connectivity index (χ2v) is 5.62. The van der Waals surface area contributed by atoms with Crippen LogP contribution in [0.2, 0.25) is 0 Å². The summed E-state index contributed by atoms with van der Waals surface area (Å²) in [4.78, 5) is 26.1. The first-order valence-corrected chi connectivity index (χ1v) is 7.21. The number of amides is 2. The lowest BCUT2D eigenvalue weighted by Crippen LogP contribution is -2.60. The predicted octanol–water partition coefficient (Wildman–Crippen LogP) is -0.912. The Morgan fingerprint density at radius 1 is 1.24 bits per heavy atom. The van der Waals surface area contributed by atoms with E-state index in [1.54, 1.807) is 4.90 Å². The van der Waals surface area contributed by atoms with Gasteiger partial charge in [-0.3, -0.25) is 20.4 Å². The third-order valence-electron chi connectivity index (χ3n) is 4.39. The fraction of sp³-hybridized carbons (Fsp3) is 0.692. The minimum atomic E-state index is -0.926. The fourth-order valence-electron chi connectivity index (χ4n) is 3.07. The van der Waals surface area contributed by atoms with Crippen LogP contribution in [-0.4, -0.2) is 59.0 Å². The van der Waals surface area contributed by atoms with Crippen molar-refractivity contribution in [3.63, 3.8) is 0 Å². The minimum absolute atomic E-state index is 0.130. The minimum Gasteiger partial charge on any atom is -0.363 e. The topological polar surface area (TPSA) is 140 Å². The molecule has 116 valence electrons. The van der Waals surface area contributed by atoms with Crippen LogP contribution in [0.5, 0.6) is 0 Å². The van der Waals surface area contributed by atoms with Gasteiger partial charge in [-0.05, 0) is 38.1 Å². The molecule has 2 fully saturated rings. The van der Waals surface area contributed by atoms with Crippen molar-refractivity contribution in [1.82, 2.24) is 9.80 Å². The molecule has 1 aliphatic heterocycles. The Morgan fingerprint density at radius 2 is 1.86 bits per heavy atom. The maximum absolute atomic E-state index is 12.3. The summed E-state index contributed by atoms with van der Waals surface area (Å²) in [5, 5.41) is 15.4. The number of rotatable bonds is 2. The molecule has 1 saturated carbocycles. The summed E-state index contributed by atoms with van der Waals surface area (Å²) in [6, 6.07) is 0.130. The molecule has 1 aliphatic carbocycles. The van der Waals surface area contributed by atoms with Crippen molar-refractivity contribution >= 4 is 23.5 Å². The van der Waals surface area contributed by atoms with Crippen LogP contribution in [-0.2, 0) is 9.59 Å². The number of nitrogens with one attached hydrogen (secondary N) is 2. The van der Waals surface area contributed by atoms with Gasteiger partial charge in [-0.15, -0.1) is 0 Å². The number of hydrogen-bond donors (Lipinski definition) is 4. The Kier molecular flexibility index (Phi) is 4.56. The molecular formula is C13H22N6O2. The van der Waals surface area contributed by atoms with Crippen LogP contribution < -0.4 is 11.5 Å². The van der Waals surface area contributed by atoms with E-state index in [0.29, 0.717) is 19.0 Å². The molecule has 0 aromatic carbocycles. The van der Waals surface area contributed by atoms with Crippen LogP contribution >= 0.6 is 0 Å². The van der Waals surface area contributed by atoms with Crippen molar-refractivity contribution in [2.24, 2.45) is 17.4 Å². The van der Waals surface area contributed by atoms with E-state index in [1.165, 1.54) is 0 Å². The number of carbonyl (C=O) groups excluding carboxylic acids is 2. The Bertz CT molecular complexity index is 469. The number of nitrogens with zero attached hydrogens (tertiary/aromatic N) is 2. The number of primary amides is 1. The summed E-state index contributed by atoms with van der Waals surface area (Å²) in [6.07, 6.45) is 3.79. The first-order chi connectivity index (χ1) is 9.95. The Morgan fingerprint density at radius 3 is 2.38 bits per heavy atom. The van der Waals surface area contributed by atoms with Crippen LogP contribution in [0.15, 0.2) is 0 Å². The van der Waals surface area contributed by atoms with E-state index in [-0.39, 0.29) is 18.4 Å². The zero-order valence-electron chi connectivity index (χ0n) is 12.0. The molecule has 0 spiro atoms. The van der Waals surface area contributed by atoms with E-state index in [2.05, 4.69) is 0 Å². The second-order valence-electron chi connectivity index (χ2n) is 5.62. The third-order valence-corrected chi connectivity index (χ3v) is 4.39. The van der Waals surface area contributed by atoms with Gasteiger partial charge in [0.1, 0.15) is 0 Å². The van der Waals surface area contributed by atoms with E-state index < -0.39 is 17.6 Å². The third kappa shape index (κ3) is 3.05. The molecule has 2 aliphatic rings. The molecule has 1 saturated heterocycles. The number of hydrogen-bond acceptors (Lipinski definition) is 5. The molecule has 2 amide bonds. The number of amidine groups is 2. The summed E-state index contributed by atoms with van der Waals surface area (Å²) < 4.78 is 0. The quantitative estimate of drug-likeness (QED) is 0.386. The van der Waals surface area contributed by atoms with Crippen LogP contribution in [0.3, 0.4) is 0 Å². The summed E-state index contributed by atoms with van der Waals surface area (Å²) in [5.41, 5.74) is 10.7. The average Bonchev–Trinajstić information content (AvgIpc) is 2.49. The number of carbonyl (C=O) groups is 2. The Labute approximate surface area is 123 Å². The lowest BCUT2D eigenvalue weighted by atomic mass is 9.85. The molecule has 6 N–H and O–H groups in total. The highest BCUT2D eigenvalue weighted by Gasteiger charge is 2.37. The zero-order valence-corrected chi connectivity index (χ0v) is 12.0. The molecule has 0 atom stereocenters. The highest BCUT2D eigenvalue weighted by Crippen LogP contribution is 2.28. The van der Waals surface area contributed by atoms with E-state index >= 15 is 0 Å². The monoisotopic (exact) mass is 294 g/mol. The predicted molar refractivity (Wildman–Crippen MR) is 77.9 cm³/mol. The molecule has 21 heavy (non-hydrogen) atoms. The first kappa shape index (κ1) is 15.4. The van der Waals surface area contributed by atoms with E-state index in [9.17, 15) is 9.59 Å². The van der Waals surface area contributed by atoms with Gasteiger partial charge in [0, 0.05) is 19.1 Å². The van der Waals surface area contributed by atoms with Gasteiger partial charge in [-0.25, -0.2) is 0 Å². The Hall–Kier alpha value is -1.96. The summed E-state index contributed by atoms with van der Waals surface area (Å²) in [5.74, 6) is -1.67. The first-order valence-electron chi connectivity index (χ1n) is 7.21. The molecule has 8 heteroatoms. The van der Waals surface area contributed by atoms with Gasteiger partial charge < -0.3 is 21.3 Å². The molecular weight excluding hydrogens is 272 g/mol. The van der Waals surface area contributed by atoms with Gasteiger partial charge in [-0.1, -0.05) is 0 Å². The normalized spacial score (nSPS) is 26.9. The van der Waals surface area contributed by atoms with Crippen molar-refractivity contribution in [3.05, 3.63) is 0 Å². The molecule has 1 heterocycles. The van der Waals surface area contributed by atoms with Crippen molar-refractivity contribution < 1.29 is 9.59 Å². The summed E-state index contributed by atoms with van der Waals surface area (Å²) in [7, 11) is 0. The Balaban J connectivity index is 2.00. The van der Waals surface area contributed by atoms with Crippen molar-refractivity contribution in [3.8, 4) is 0 Å². The van der Waals surface area contributed by atoms with Crippen LogP contribution in [0, 0.1) is 16.7 Å². The van der Waals surface area contributed by atoms with Crippen molar-refractivity contribution in [1.29, 1.82) is 10.8 Å². The van der Waals surface area contributed by atoms with Gasteiger partial charge >= 0.3 is 0 Å². The maximum atomic E-state index is 12.3. The zero-order chi connectivity index (χ0) is 15.6. The highest BCUT2D eigenvalue weighted by molar-refractivity contribution is 6.47. The maximum Gasteiger partial charge on any atom is 0.289 e. The largest absolute Gasteiger partial charge is 0.363 e. The number of piperazine rings is 1. The van der Waals surface area contributed by atoms with Crippen LogP contribution in [0.4, 0.5) is 0 Å². The number of nitrogens with two attached hydrogens (primary N) is 2. The van der Waals surface area contributed by atoms with E-state index in [4.69, 9.17) is 22.3 Å². The van der Waals surface area contributed by atoms with Gasteiger partial charge in [-0.2, -0.15) is 0 Å². The average molecular weight is 294 g/mol. The lowest BCUT2D eigenvalue weighted by Gasteiger charge is -2.41. The van der Waals surface area contributed by atoms with Gasteiger partial charge in [0.2, 0.25) is 0 Å². The molecule has 0 bridgehead atoms. The highest BCUT2D eigenvalue weighted by atomic mass is 16.2. The van der Waals surface area contributed by atoms with Gasteiger partial charge in [0.25, 0.3) is 11.8 Å². The van der Waals surface area contributed by atoms with Gasteiger partial charge in [0.05, 0.1) is 0 Å². The fourth-order valence-corrected chi connectivity index (χ4v) is 3.07. The van der Waals surface area contributed by atoms with E-state index in [0.717, 1.165) is 30.6 Å². The molecule has 0 aromatic heterocycles. The molecule has 0 unspecified atom stereocenters. The summed E-state index contributed by atoms with van der Waals surface area (Å²) in [6.45, 7) is 1.36. The smallest absolute Gasteiger partial charge is 0.289 e. The standard InChI is InChI=1S/C13H22N6O2/c14-7-8-1-3-9(4-2-8)18-5-6-19(10(15)12(17)20)11(16)13(18)21/h8-9,15-16H,1-7,14H2,(H2,17,20). The van der Waals surface area contributed by atoms with E-state index in [1.807, 2.05) is 0 Å². The molecule has 0 radical (unpaired) electrons. The van der Waals surface area contributed by atoms with Crippen LogP contribution in [0.1, 0.15) is 25.7 Å². The second kappa shape index (κ2) is 6.21. The van der Waals surface area contributed by atoms with Crippen LogP contribution in [0.25, 0.3) is 0 Å².